The van der Waals surface area contributed by atoms with Crippen LogP contribution in [-0.4, -0.2) is 35.8 Å². The van der Waals surface area contributed by atoms with E-state index in [1.54, 1.807) is 13.2 Å². The molecule has 1 radical (unpaired) electrons. The van der Waals surface area contributed by atoms with Crippen LogP contribution in [0.25, 0.3) is 0 Å². The molecule has 0 bridgehead atoms. The Morgan fingerprint density at radius 2 is 2.00 bits per heavy atom. The number of carbonyl (C=O) groups excluding carboxylic acids is 1. The van der Waals surface area contributed by atoms with E-state index in [1.807, 2.05) is 0 Å². The van der Waals surface area contributed by atoms with Crippen LogP contribution in [0.2, 0.25) is 0 Å². The van der Waals surface area contributed by atoms with E-state index in [2.05, 4.69) is 0 Å². The normalized spacial score (nSPS) is 5.00. The molecule has 1 nitrogen and oxygen atoms in total. The summed E-state index contributed by atoms with van der Waals surface area (Å²) < 4.78 is 0. The molecule has 25 valence electrons. The van der Waals surface area contributed by atoms with Crippen molar-refractivity contribution in [3.8, 4) is 0 Å². The summed E-state index contributed by atoms with van der Waals surface area (Å²) in [4.78, 5) is 9.05. The van der Waals surface area contributed by atoms with Crippen LogP contribution in [0, 0.1) is 0 Å². The average molecular weight is 81.1 g/mol. The minimum atomic E-state index is 0. The second kappa shape index (κ2) is 8.82. The zero-order chi connectivity index (χ0) is 3.41. The Morgan fingerprint density at radius 3 is 2.00 bits per heavy atom. The first-order chi connectivity index (χ1) is 1.91. The third kappa shape index (κ3) is 11.9. The molecule has 5 heavy (non-hydrogen) atoms. The van der Waals surface area contributed by atoms with E-state index in [1.165, 1.54) is 0 Å². The molecule has 0 aromatic heterocycles. The van der Waals surface area contributed by atoms with Crippen LogP contribution in [0.15, 0.2) is 0 Å². The van der Waals surface area contributed by atoms with Gasteiger partial charge in [0.2, 0.25) is 0 Å². The van der Waals surface area contributed by atoms with Crippen molar-refractivity contribution in [2.75, 3.05) is 0 Å². The Bertz CT molecular complexity index is 20.9. The van der Waals surface area contributed by atoms with Crippen molar-refractivity contribution in [3.63, 3.8) is 0 Å². The Labute approximate surface area is 54.0 Å². The molecule has 0 saturated heterocycles. The maximum absolute atomic E-state index is 9.05. The summed E-state index contributed by atoms with van der Waals surface area (Å²) in [5.74, 6) is 0. The third-order valence-corrected chi connectivity index (χ3v) is 0.144. The van der Waals surface area contributed by atoms with Gasteiger partial charge in [0, 0.05) is 6.42 Å². The molecule has 0 aliphatic heterocycles. The Morgan fingerprint density at radius 1 is 1.80 bits per heavy atom. The van der Waals surface area contributed by atoms with Crippen molar-refractivity contribution >= 4 is 35.8 Å². The Balaban J connectivity index is 0. The second-order valence-corrected chi connectivity index (χ2v) is 0.498. The quantitative estimate of drug-likeness (QED) is 0.401. The van der Waals surface area contributed by atoms with Crippen LogP contribution in [0.4, 0.5) is 0 Å². The van der Waals surface area contributed by atoms with Crippen molar-refractivity contribution in [1.29, 1.82) is 0 Å². The molecular weight excluding hydrogens is 75.0 g/mol. The van der Waals surface area contributed by atoms with Gasteiger partial charge in [-0.3, -0.25) is 4.79 Å². The predicted molar refractivity (Wildman–Crippen MR) is 23.1 cm³/mol. The van der Waals surface area contributed by atoms with E-state index in [0.29, 0.717) is 6.42 Å². The van der Waals surface area contributed by atoms with Crippen LogP contribution in [0.5, 0.6) is 0 Å². The Hall–Kier alpha value is 0.670. The summed E-state index contributed by atoms with van der Waals surface area (Å²) in [5.41, 5.74) is 0. The second-order valence-electron chi connectivity index (χ2n) is 0.498. The van der Waals surface area contributed by atoms with E-state index >= 15 is 0 Å². The standard InChI is InChI=1S/C3H5O.Na.H/c1-2-3-4;;/h2H2,1H3;;. The number of hydrogen-bond acceptors (Lipinski definition) is 1. The molecule has 0 unspecified atom stereocenters. The Kier molecular flexibility index (Phi) is 16.2. The molecule has 2 heteroatoms. The average Bonchev–Trinajstić information content (AvgIpc) is 1.37. The van der Waals surface area contributed by atoms with Crippen LogP contribution in [0.1, 0.15) is 13.3 Å². The summed E-state index contributed by atoms with van der Waals surface area (Å²) in [6.45, 7) is 1.76. The van der Waals surface area contributed by atoms with E-state index in [0.717, 1.165) is 0 Å². The van der Waals surface area contributed by atoms with Crippen molar-refractivity contribution in [1.82, 2.24) is 0 Å². The molecule has 0 atom stereocenters. The van der Waals surface area contributed by atoms with Gasteiger partial charge >= 0.3 is 29.6 Å². The number of rotatable bonds is 1. The molecule has 0 aromatic carbocycles. The molecule has 0 aromatic rings. The molecular formula is C3H6NaO. The molecule has 0 rings (SSSR count). The van der Waals surface area contributed by atoms with Gasteiger partial charge in [0.15, 0.2) is 6.29 Å². The first-order valence-corrected chi connectivity index (χ1v) is 1.26. The third-order valence-electron chi connectivity index (χ3n) is 0.144. The first kappa shape index (κ1) is 9.18. The van der Waals surface area contributed by atoms with E-state index in [-0.39, 0.29) is 29.6 Å². The van der Waals surface area contributed by atoms with Crippen LogP contribution in [-0.2, 0) is 4.79 Å². The topological polar surface area (TPSA) is 17.1 Å². The van der Waals surface area contributed by atoms with Crippen molar-refractivity contribution in [2.45, 2.75) is 13.3 Å². The summed E-state index contributed by atoms with van der Waals surface area (Å²) in [6, 6.07) is 0. The van der Waals surface area contributed by atoms with Gasteiger partial charge in [-0.2, -0.15) is 0 Å². The maximum atomic E-state index is 9.05. The summed E-state index contributed by atoms with van der Waals surface area (Å²) in [7, 11) is 0. The SMILES string of the molecule is CC[C]=O.[NaH]. The molecule has 0 fully saturated rings. The zero-order valence-corrected chi connectivity index (χ0v) is 2.62. The van der Waals surface area contributed by atoms with Crippen molar-refractivity contribution in [2.24, 2.45) is 0 Å². The van der Waals surface area contributed by atoms with Gasteiger partial charge in [0.1, 0.15) is 0 Å². The molecule has 0 saturated carbocycles. The van der Waals surface area contributed by atoms with Crippen LogP contribution >= 0.6 is 0 Å². The van der Waals surface area contributed by atoms with Crippen molar-refractivity contribution < 1.29 is 4.79 Å². The van der Waals surface area contributed by atoms with Gasteiger partial charge in [0.25, 0.3) is 0 Å². The van der Waals surface area contributed by atoms with E-state index in [4.69, 9.17) is 4.79 Å². The molecule has 0 aliphatic carbocycles. The zero-order valence-electron chi connectivity index (χ0n) is 2.62. The molecule has 0 N–H and O–H groups in total. The van der Waals surface area contributed by atoms with E-state index in [9.17, 15) is 0 Å². The molecule has 0 spiro atoms. The number of hydrogen-bond donors (Lipinski definition) is 0. The fourth-order valence-electron chi connectivity index (χ4n) is 0. The minimum absolute atomic E-state index is 0. The van der Waals surface area contributed by atoms with Crippen molar-refractivity contribution in [3.05, 3.63) is 0 Å². The molecule has 0 amide bonds. The first-order valence-electron chi connectivity index (χ1n) is 1.26. The van der Waals surface area contributed by atoms with Gasteiger partial charge in [-0.25, -0.2) is 0 Å². The van der Waals surface area contributed by atoms with Crippen LogP contribution in [0.3, 0.4) is 0 Å². The predicted octanol–water partition coefficient (Wildman–Crippen LogP) is -0.142. The monoisotopic (exact) mass is 81.0 g/mol. The van der Waals surface area contributed by atoms with Gasteiger partial charge < -0.3 is 0 Å². The van der Waals surface area contributed by atoms with Gasteiger partial charge in [-0.15, -0.1) is 0 Å². The fraction of sp³-hybridized carbons (Fsp3) is 0.667. The summed E-state index contributed by atoms with van der Waals surface area (Å²) in [5, 5.41) is 0. The van der Waals surface area contributed by atoms with Gasteiger partial charge in [-0.1, -0.05) is 6.92 Å². The van der Waals surface area contributed by atoms with Gasteiger partial charge in [-0.05, 0) is 0 Å². The van der Waals surface area contributed by atoms with Gasteiger partial charge in [0.05, 0.1) is 0 Å². The van der Waals surface area contributed by atoms with Crippen LogP contribution < -0.4 is 0 Å². The molecule has 0 aliphatic rings. The fourth-order valence-corrected chi connectivity index (χ4v) is 0. The summed E-state index contributed by atoms with van der Waals surface area (Å²) >= 11 is 0. The summed E-state index contributed by atoms with van der Waals surface area (Å²) in [6.07, 6.45) is 2.19. The van der Waals surface area contributed by atoms with E-state index < -0.39 is 0 Å². The molecule has 0 heterocycles.